The number of hydrogen-bond acceptors (Lipinski definition) is 21. The van der Waals surface area contributed by atoms with E-state index in [0.717, 1.165) is 80.3 Å². The average Bonchev–Trinajstić information content (AvgIpc) is 0.931. The van der Waals surface area contributed by atoms with Crippen LogP contribution in [0, 0.1) is 29.1 Å². The molecule has 4 saturated carbocycles. The number of aromatic carboxylic acids is 1. The lowest BCUT2D eigenvalue weighted by Gasteiger charge is -2.69. The maximum absolute atomic E-state index is 14.1. The SMILES string of the molecule is Cc1c(-c2ccc(-c3ccc4cccc(C(=O)Nc5nc6ccccc6s5)c4c3)nc2C(=O)O)cnn1CC12CC3(C)CC(C)(C1)CC(OCCN(CCS(=O)(=O)O)C(=O)OCc1ccc(NC(=O)[C@H](CCCNC(N)=O)NC(=O)[C@@H](NC(=O)CN4C(=O)[C@@H](N5C(=O)C=CC5=O)C[C@H]4COCCS(=O)(=O)O)C(C)C)cc1)(C3)C2. The van der Waals surface area contributed by atoms with Crippen LogP contribution in [0.25, 0.3) is 43.4 Å². The summed E-state index contributed by atoms with van der Waals surface area (Å²) in [6.07, 6.45) is 7.37. The van der Waals surface area contributed by atoms with Crippen LogP contribution in [0.1, 0.15) is 118 Å². The van der Waals surface area contributed by atoms with Crippen LogP contribution >= 0.6 is 11.3 Å². The zero-order chi connectivity index (χ0) is 81.1. The molecule has 33 nitrogen and oxygen atoms in total. The number of benzene rings is 4. The number of primary amides is 1. The van der Waals surface area contributed by atoms with E-state index in [0.29, 0.717) is 57.0 Å². The highest BCUT2D eigenvalue weighted by Crippen LogP contribution is 2.72. The van der Waals surface area contributed by atoms with Gasteiger partial charge in [-0.05, 0) is 145 Å². The first kappa shape index (κ1) is 81.8. The van der Waals surface area contributed by atoms with Crippen molar-refractivity contribution in [2.75, 3.05) is 68.1 Å². The second-order valence-corrected chi connectivity index (χ2v) is 35.2. The summed E-state index contributed by atoms with van der Waals surface area (Å²) in [7, 11) is -8.98. The maximum Gasteiger partial charge on any atom is 0.410 e. The number of likely N-dealkylation sites (tertiary alicyclic amines) is 1. The van der Waals surface area contributed by atoms with Gasteiger partial charge < -0.3 is 56.1 Å². The number of ether oxygens (including phenoxy) is 3. The van der Waals surface area contributed by atoms with Crippen LogP contribution < -0.4 is 32.3 Å². The number of fused-ring (bicyclic) bond motifs is 2. The van der Waals surface area contributed by atoms with Crippen molar-refractivity contribution >= 4 is 123 Å². The summed E-state index contributed by atoms with van der Waals surface area (Å²) in [4.78, 5) is 146. The molecular weight excluding hydrogens is 1520 g/mol. The van der Waals surface area contributed by atoms with Crippen molar-refractivity contribution < 1.29 is 93.2 Å². The smallest absolute Gasteiger partial charge is 0.410 e. The van der Waals surface area contributed by atoms with Gasteiger partial charge in [0.25, 0.3) is 38.0 Å². The Hall–Kier alpha value is -10.6. The van der Waals surface area contributed by atoms with Gasteiger partial charge in [0.05, 0.1) is 71.6 Å². The number of carboxylic acids is 1. The lowest BCUT2D eigenvalue weighted by Crippen LogP contribution is -2.64. The van der Waals surface area contributed by atoms with Crippen molar-refractivity contribution in [2.45, 2.75) is 135 Å². The second kappa shape index (κ2) is 33.2. The summed E-state index contributed by atoms with van der Waals surface area (Å²) in [5.41, 5.74) is 8.35. The van der Waals surface area contributed by atoms with Gasteiger partial charge >= 0.3 is 18.1 Å². The Bertz CT molecular complexity index is 5120. The van der Waals surface area contributed by atoms with Crippen molar-refractivity contribution in [3.05, 3.63) is 138 Å². The first-order valence-electron chi connectivity index (χ1n) is 36.8. The Kier molecular flexibility index (Phi) is 24.1. The number of carboxylic acid groups (broad SMARTS) is 1. The number of nitrogens with one attached hydrogen (secondary N) is 5. The van der Waals surface area contributed by atoms with Crippen molar-refractivity contribution in [1.82, 2.24) is 50.4 Å². The number of pyridine rings is 1. The van der Waals surface area contributed by atoms with Crippen LogP contribution in [0.15, 0.2) is 115 Å². The molecule has 6 atom stereocenters. The van der Waals surface area contributed by atoms with Gasteiger partial charge in [0.2, 0.25) is 23.6 Å². The van der Waals surface area contributed by atoms with Crippen LogP contribution in [0.5, 0.6) is 0 Å². The average molecular weight is 1610 g/mol. The standard InChI is InChI=1S/C77H89N13O20S3/c1-45(2)64(85-61(91)35-88-51(37-108-29-31-113(105,106)107)33-59(69(88)97)90-62(92)23-24-63(90)93)68(96)83-58(13-9-25-79-71(78)100)67(95)81-50-19-15-47(16-20-50)36-109-73(101)87(27-30-112(102,103)104)26-28-110-77-41-74(4)38-75(5,42-77)40-76(39-74,43-77)44-89-46(3)55(34-80-89)52-21-22-56(82-65(52)70(98)99)49-18-17-48-10-8-11-53(54(48)32-49)66(94)86-72-84-57-12-6-7-14-60(57)111-72/h6-8,10-12,14-24,32,34,45,51,58-59,64H,9,13,25-31,33,35-44H2,1-5H3,(H,81,95)(H,83,96)(H,85,91)(H,98,99)(H3,78,79,100)(H,84,86,94)(H,102,103,104)(H,105,106,107)/t51-,58-,59-,64-,74?,75?,76?,77?/m0/s1. The van der Waals surface area contributed by atoms with Crippen LogP contribution in [0.4, 0.5) is 20.4 Å². The largest absolute Gasteiger partial charge is 0.476 e. The van der Waals surface area contributed by atoms with E-state index in [1.807, 2.05) is 60.1 Å². The monoisotopic (exact) mass is 1610 g/mol. The highest BCUT2D eigenvalue weighted by molar-refractivity contribution is 7.86. The van der Waals surface area contributed by atoms with E-state index in [1.165, 1.54) is 23.5 Å². The number of para-hydroxylation sites is 1. The van der Waals surface area contributed by atoms with Gasteiger partial charge in [-0.15, -0.1) is 0 Å². The Balaban J connectivity index is 0.669. The highest BCUT2D eigenvalue weighted by atomic mass is 32.2. The van der Waals surface area contributed by atoms with Gasteiger partial charge in [0, 0.05) is 78.4 Å². The molecule has 13 rings (SSSR count). The number of urea groups is 1. The van der Waals surface area contributed by atoms with Gasteiger partial charge in [-0.25, -0.2) is 24.4 Å². The third-order valence-corrected chi connectivity index (χ3v) is 23.8. The fourth-order valence-electron chi connectivity index (χ4n) is 17.6. The van der Waals surface area contributed by atoms with Crippen LogP contribution in [-0.4, -0.2) is 212 Å². The number of carbonyl (C=O) groups is 10. The predicted molar refractivity (Wildman–Crippen MR) is 414 cm³/mol. The summed E-state index contributed by atoms with van der Waals surface area (Å²) in [5.74, 6) is -8.54. The van der Waals surface area contributed by atoms with E-state index in [9.17, 15) is 79.0 Å². The molecule has 113 heavy (non-hydrogen) atoms. The minimum atomic E-state index is -4.56. The fraction of sp³-hybridized carbons (Fsp3) is 0.442. The molecule has 0 spiro atoms. The van der Waals surface area contributed by atoms with Gasteiger partial charge in [0.1, 0.15) is 24.7 Å². The van der Waals surface area contributed by atoms with Crippen LogP contribution in [0.2, 0.25) is 0 Å². The van der Waals surface area contributed by atoms with E-state index in [4.69, 9.17) is 30.0 Å². The molecule has 2 aliphatic heterocycles. The van der Waals surface area contributed by atoms with Gasteiger partial charge in [-0.1, -0.05) is 87.6 Å². The molecule has 6 aliphatic rings. The molecule has 1 saturated heterocycles. The highest BCUT2D eigenvalue weighted by Gasteiger charge is 2.66. The third-order valence-electron chi connectivity index (χ3n) is 21.4. The number of imide groups is 1. The van der Waals surface area contributed by atoms with Crippen molar-refractivity contribution in [3.8, 4) is 22.4 Å². The first-order chi connectivity index (χ1) is 53.4. The fourth-order valence-corrected chi connectivity index (χ4v) is 19.2. The quantitative estimate of drug-likeness (QED) is 0.0110. The number of nitrogens with zero attached hydrogens (tertiary/aromatic N) is 7. The number of amides is 10. The summed E-state index contributed by atoms with van der Waals surface area (Å²) in [6.45, 7) is 7.71. The van der Waals surface area contributed by atoms with Gasteiger partial charge in [0.15, 0.2) is 10.8 Å². The lowest BCUT2D eigenvalue weighted by molar-refractivity contribution is -0.248. The first-order valence-corrected chi connectivity index (χ1v) is 40.9. The summed E-state index contributed by atoms with van der Waals surface area (Å²) < 4.78 is 87.0. The zero-order valence-corrected chi connectivity index (χ0v) is 65.2. The number of rotatable bonds is 34. The number of nitrogens with two attached hydrogens (primary N) is 1. The molecule has 10 amide bonds. The van der Waals surface area contributed by atoms with E-state index in [2.05, 4.69) is 45.4 Å². The van der Waals surface area contributed by atoms with Crippen molar-refractivity contribution in [3.63, 3.8) is 0 Å². The molecule has 3 aromatic heterocycles. The molecule has 10 N–H and O–H groups in total. The number of anilines is 2. The molecular formula is C77H89N13O20S3. The number of hydrogen-bond donors (Lipinski definition) is 9. The maximum atomic E-state index is 14.1. The number of aromatic nitrogens is 4. The molecule has 4 aliphatic carbocycles. The molecule has 0 radical (unpaired) electrons. The number of carbonyl (C=O) groups excluding carboxylic acids is 9. The Morgan fingerprint density at radius 2 is 1.50 bits per heavy atom. The molecule has 36 heteroatoms. The molecule has 2 unspecified atom stereocenters. The van der Waals surface area contributed by atoms with E-state index < -0.39 is 141 Å². The molecule has 4 aromatic carbocycles. The topological polar surface area (TPSA) is 467 Å². The second-order valence-electron chi connectivity index (χ2n) is 31.0. The summed E-state index contributed by atoms with van der Waals surface area (Å²) in [5, 5.41) is 30.9. The molecule has 600 valence electrons. The Morgan fingerprint density at radius 1 is 0.779 bits per heavy atom. The minimum absolute atomic E-state index is 0.00927. The molecule has 5 fully saturated rings. The molecule has 7 aromatic rings. The van der Waals surface area contributed by atoms with Crippen molar-refractivity contribution in [2.24, 2.45) is 27.9 Å². The number of thiazole rings is 1. The molecule has 5 heterocycles. The zero-order valence-electron chi connectivity index (χ0n) is 62.7. The summed E-state index contributed by atoms with van der Waals surface area (Å²) >= 11 is 1.37. The third kappa shape index (κ3) is 19.5. The Morgan fingerprint density at radius 3 is 2.18 bits per heavy atom. The van der Waals surface area contributed by atoms with Gasteiger partial charge in [-0.3, -0.25) is 57.6 Å². The summed E-state index contributed by atoms with van der Waals surface area (Å²) in [6, 6.07) is 22.4. The lowest BCUT2D eigenvalue weighted by atomic mass is 9.39. The normalized spacial score (nSPS) is 21.8. The van der Waals surface area contributed by atoms with Crippen LogP contribution in [-0.2, 0) is 76.4 Å². The van der Waals surface area contributed by atoms with Gasteiger partial charge in [-0.2, -0.15) is 21.9 Å². The Labute approximate surface area is 654 Å². The minimum Gasteiger partial charge on any atom is -0.476 e. The van der Waals surface area contributed by atoms with E-state index in [-0.39, 0.29) is 85.7 Å². The van der Waals surface area contributed by atoms with E-state index >= 15 is 0 Å². The van der Waals surface area contributed by atoms with E-state index in [1.54, 1.807) is 56.4 Å². The predicted octanol–water partition coefficient (Wildman–Crippen LogP) is 7.11. The van der Waals surface area contributed by atoms with Crippen LogP contribution in [0.3, 0.4) is 0 Å². The van der Waals surface area contributed by atoms with Crippen molar-refractivity contribution in [1.29, 1.82) is 0 Å². The molecule has 4 bridgehead atoms.